The van der Waals surface area contributed by atoms with Crippen LogP contribution in [-0.4, -0.2) is 29.2 Å². The van der Waals surface area contributed by atoms with E-state index >= 15 is 0 Å². The van der Waals surface area contributed by atoms with Gasteiger partial charge in [-0.1, -0.05) is 0 Å². The highest BCUT2D eigenvalue weighted by Gasteiger charge is 2.60. The summed E-state index contributed by atoms with van der Waals surface area (Å²) in [7, 11) is 0. The molecule has 2 aliphatic carbocycles. The van der Waals surface area contributed by atoms with E-state index in [1.807, 2.05) is 24.3 Å². The summed E-state index contributed by atoms with van der Waals surface area (Å²) in [5.41, 5.74) is 0.731. The fourth-order valence-corrected chi connectivity index (χ4v) is 5.02. The lowest BCUT2D eigenvalue weighted by molar-refractivity contribution is -0.140. The first kappa shape index (κ1) is 16.1. The molecule has 5 nitrogen and oxygen atoms in total. The summed E-state index contributed by atoms with van der Waals surface area (Å²) in [4.78, 5) is 38.6. The first-order valence-electron chi connectivity index (χ1n) is 8.45. The normalized spacial score (nSPS) is 30.8. The highest BCUT2D eigenvalue weighted by atomic mass is 127. The van der Waals surface area contributed by atoms with E-state index in [0.717, 1.165) is 28.5 Å². The monoisotopic (exact) mass is 438 g/mol. The molecule has 1 aliphatic heterocycles. The molecule has 1 aromatic rings. The van der Waals surface area contributed by atoms with Crippen molar-refractivity contribution in [2.75, 3.05) is 11.9 Å². The van der Waals surface area contributed by atoms with Crippen molar-refractivity contribution in [3.8, 4) is 0 Å². The molecule has 0 radical (unpaired) electrons. The number of carbonyl (C=O) groups is 3. The minimum atomic E-state index is -0.170. The van der Waals surface area contributed by atoms with E-state index in [0.29, 0.717) is 11.8 Å². The Morgan fingerprint density at radius 2 is 1.67 bits per heavy atom. The molecule has 1 N–H and O–H groups in total. The maximum Gasteiger partial charge on any atom is 0.233 e. The van der Waals surface area contributed by atoms with Crippen LogP contribution in [0.2, 0.25) is 0 Å². The fourth-order valence-electron chi connectivity index (χ4n) is 4.66. The lowest BCUT2D eigenvalue weighted by Crippen LogP contribution is -2.35. The van der Waals surface area contributed by atoms with Crippen LogP contribution in [0.4, 0.5) is 5.69 Å². The maximum atomic E-state index is 12.6. The molecule has 3 amide bonds. The summed E-state index contributed by atoms with van der Waals surface area (Å²) in [5, 5.41) is 2.81. The third-order valence-electron chi connectivity index (χ3n) is 5.71. The van der Waals surface area contributed by atoms with Crippen molar-refractivity contribution < 1.29 is 14.4 Å². The zero-order chi connectivity index (χ0) is 16.8. The third-order valence-corrected chi connectivity index (χ3v) is 6.43. The van der Waals surface area contributed by atoms with E-state index in [9.17, 15) is 14.4 Å². The topological polar surface area (TPSA) is 66.5 Å². The Morgan fingerprint density at radius 1 is 1.08 bits per heavy atom. The number of fused-ring (bicyclic) bond motifs is 5. The van der Waals surface area contributed by atoms with Gasteiger partial charge in [-0.3, -0.25) is 19.3 Å². The van der Waals surface area contributed by atoms with Crippen LogP contribution in [0.5, 0.6) is 0 Å². The Bertz CT molecular complexity index is 675. The van der Waals surface area contributed by atoms with Crippen molar-refractivity contribution in [2.24, 2.45) is 23.7 Å². The molecule has 4 rings (SSSR count). The molecule has 1 heterocycles. The lowest BCUT2D eigenvalue weighted by atomic mass is 9.81. The Hall–Kier alpha value is -1.44. The smallest absolute Gasteiger partial charge is 0.233 e. The molecule has 126 valence electrons. The number of likely N-dealkylation sites (tertiary alicyclic amines) is 1. The highest BCUT2D eigenvalue weighted by Crippen LogP contribution is 2.56. The van der Waals surface area contributed by atoms with Gasteiger partial charge in [0.2, 0.25) is 17.7 Å². The van der Waals surface area contributed by atoms with E-state index in [4.69, 9.17) is 0 Å². The number of nitrogens with zero attached hydrogens (tertiary/aromatic N) is 1. The van der Waals surface area contributed by atoms with Crippen LogP contribution in [0.1, 0.15) is 25.7 Å². The maximum absolute atomic E-state index is 12.6. The Morgan fingerprint density at radius 3 is 2.25 bits per heavy atom. The third kappa shape index (κ3) is 2.64. The number of rotatable bonds is 4. The standard InChI is InChI=1S/C18H19IN2O3/c19-12-3-5-13(6-4-12)20-14(22)7-8-21-17(23)15-10-1-2-11(9-10)16(15)18(21)24/h3-6,10-11,15-16H,1-2,7-9H2,(H,20,22)/t10-,11+,15+,16-. The van der Waals surface area contributed by atoms with E-state index < -0.39 is 0 Å². The van der Waals surface area contributed by atoms with Crippen molar-refractivity contribution in [1.29, 1.82) is 0 Å². The first-order chi connectivity index (χ1) is 11.5. The van der Waals surface area contributed by atoms with Crippen molar-refractivity contribution in [3.63, 3.8) is 0 Å². The zero-order valence-corrected chi connectivity index (χ0v) is 15.4. The number of hydrogen-bond donors (Lipinski definition) is 1. The molecule has 2 saturated carbocycles. The predicted molar refractivity (Wildman–Crippen MR) is 96.9 cm³/mol. The number of anilines is 1. The first-order valence-corrected chi connectivity index (χ1v) is 9.53. The highest BCUT2D eigenvalue weighted by molar-refractivity contribution is 14.1. The fraction of sp³-hybridized carbons (Fsp3) is 0.500. The number of carbonyl (C=O) groups excluding carboxylic acids is 3. The number of imide groups is 1. The van der Waals surface area contributed by atoms with Crippen LogP contribution in [0.3, 0.4) is 0 Å². The Balaban J connectivity index is 1.36. The molecule has 0 aromatic heterocycles. The SMILES string of the molecule is O=C(CCN1C(=O)[C@@H]2[C@H]3CC[C@H](C3)[C@@H]2C1=O)Nc1ccc(I)cc1. The molecule has 6 heteroatoms. The van der Waals surface area contributed by atoms with Crippen LogP contribution in [0, 0.1) is 27.2 Å². The molecular formula is C18H19IN2O3. The average molecular weight is 438 g/mol. The lowest BCUT2D eigenvalue weighted by Gasteiger charge is -2.19. The van der Waals surface area contributed by atoms with E-state index in [1.54, 1.807) is 0 Å². The average Bonchev–Trinajstić information content (AvgIpc) is 3.23. The minimum absolute atomic E-state index is 0.0423. The van der Waals surface area contributed by atoms with Gasteiger partial charge < -0.3 is 5.32 Å². The molecular weight excluding hydrogens is 419 g/mol. The van der Waals surface area contributed by atoms with Crippen LogP contribution in [0.15, 0.2) is 24.3 Å². The summed E-state index contributed by atoms with van der Waals surface area (Å²) in [6.45, 7) is 0.195. The van der Waals surface area contributed by atoms with E-state index in [1.165, 1.54) is 4.90 Å². The molecule has 2 bridgehead atoms. The quantitative estimate of drug-likeness (QED) is 0.581. The Labute approximate surface area is 154 Å². The molecule has 0 spiro atoms. The van der Waals surface area contributed by atoms with Gasteiger partial charge in [-0.05, 0) is 78.0 Å². The molecule has 4 atom stereocenters. The summed E-state index contributed by atoms with van der Waals surface area (Å²) >= 11 is 2.20. The van der Waals surface area contributed by atoms with Gasteiger partial charge in [0.25, 0.3) is 0 Å². The van der Waals surface area contributed by atoms with Crippen LogP contribution < -0.4 is 5.32 Å². The number of hydrogen-bond acceptors (Lipinski definition) is 3. The van der Waals surface area contributed by atoms with Crippen LogP contribution in [-0.2, 0) is 14.4 Å². The minimum Gasteiger partial charge on any atom is -0.326 e. The second kappa shape index (κ2) is 6.13. The molecule has 24 heavy (non-hydrogen) atoms. The largest absolute Gasteiger partial charge is 0.326 e. The van der Waals surface area contributed by atoms with Crippen molar-refractivity contribution in [2.45, 2.75) is 25.7 Å². The van der Waals surface area contributed by atoms with Crippen LogP contribution >= 0.6 is 22.6 Å². The molecule has 0 unspecified atom stereocenters. The molecule has 3 fully saturated rings. The number of benzene rings is 1. The zero-order valence-electron chi connectivity index (χ0n) is 13.2. The molecule has 1 aromatic carbocycles. The van der Waals surface area contributed by atoms with Crippen molar-refractivity contribution >= 4 is 46.0 Å². The van der Waals surface area contributed by atoms with E-state index in [2.05, 4.69) is 27.9 Å². The van der Waals surface area contributed by atoms with Gasteiger partial charge in [0.15, 0.2) is 0 Å². The summed E-state index contributed by atoms with van der Waals surface area (Å²) in [6.07, 6.45) is 3.34. The van der Waals surface area contributed by atoms with Crippen molar-refractivity contribution in [3.05, 3.63) is 27.8 Å². The van der Waals surface area contributed by atoms with Gasteiger partial charge in [0.1, 0.15) is 0 Å². The van der Waals surface area contributed by atoms with Gasteiger partial charge in [-0.15, -0.1) is 0 Å². The van der Waals surface area contributed by atoms with Gasteiger partial charge in [-0.25, -0.2) is 0 Å². The summed E-state index contributed by atoms with van der Waals surface area (Å²) < 4.78 is 1.10. The summed E-state index contributed by atoms with van der Waals surface area (Å²) in [5.74, 6) is 0.325. The summed E-state index contributed by atoms with van der Waals surface area (Å²) in [6, 6.07) is 7.52. The molecule has 1 saturated heterocycles. The number of amides is 3. The second-order valence-electron chi connectivity index (χ2n) is 7.02. The molecule has 3 aliphatic rings. The number of nitrogens with one attached hydrogen (secondary N) is 1. The predicted octanol–water partition coefficient (Wildman–Crippen LogP) is 2.65. The van der Waals surface area contributed by atoms with E-state index in [-0.39, 0.29) is 42.5 Å². The van der Waals surface area contributed by atoms with Crippen LogP contribution in [0.25, 0.3) is 0 Å². The Kier molecular flexibility index (Phi) is 4.10. The van der Waals surface area contributed by atoms with Gasteiger partial charge in [0, 0.05) is 22.2 Å². The van der Waals surface area contributed by atoms with Gasteiger partial charge in [0.05, 0.1) is 11.8 Å². The van der Waals surface area contributed by atoms with Gasteiger partial charge in [-0.2, -0.15) is 0 Å². The van der Waals surface area contributed by atoms with Crippen molar-refractivity contribution in [1.82, 2.24) is 4.90 Å². The second-order valence-corrected chi connectivity index (χ2v) is 8.26. The van der Waals surface area contributed by atoms with Gasteiger partial charge >= 0.3 is 0 Å². The number of halogens is 1.